The second-order valence-corrected chi connectivity index (χ2v) is 5.82. The summed E-state index contributed by atoms with van der Waals surface area (Å²) in [4.78, 5) is 13.4. The minimum Gasteiger partial charge on any atom is -0.315 e. The lowest BCUT2D eigenvalue weighted by Gasteiger charge is -2.15. The topological polar surface area (TPSA) is 20.3 Å². The van der Waals surface area contributed by atoms with E-state index in [0.29, 0.717) is 6.42 Å². The van der Waals surface area contributed by atoms with Crippen molar-refractivity contribution >= 4 is 23.2 Å². The second kappa shape index (κ2) is 5.15. The summed E-state index contributed by atoms with van der Waals surface area (Å²) in [5.41, 5.74) is 4.48. The Morgan fingerprint density at radius 2 is 2.00 bits per heavy atom. The number of benzene rings is 2. The number of alkyl halides is 1. The third-order valence-corrected chi connectivity index (χ3v) is 4.47. The lowest BCUT2D eigenvalue weighted by atomic mass is 9.98. The third-order valence-electron chi connectivity index (χ3n) is 3.99. The quantitative estimate of drug-likeness (QED) is 0.768. The molecule has 1 atom stereocenters. The van der Waals surface area contributed by atoms with Crippen LogP contribution in [0.3, 0.4) is 0 Å². The van der Waals surface area contributed by atoms with Crippen LogP contribution in [0.5, 0.6) is 0 Å². The van der Waals surface area contributed by atoms with Gasteiger partial charge in [0.1, 0.15) is 5.82 Å². The highest BCUT2D eigenvalue weighted by Crippen LogP contribution is 2.36. The number of amides is 1. The van der Waals surface area contributed by atoms with Crippen LogP contribution in [-0.2, 0) is 11.2 Å². The van der Waals surface area contributed by atoms with Crippen molar-refractivity contribution in [1.29, 1.82) is 0 Å². The summed E-state index contributed by atoms with van der Waals surface area (Å²) in [5.74, 6) is -0.215. The monoisotopic (exact) mass is 303 g/mol. The molecule has 4 heteroatoms. The van der Waals surface area contributed by atoms with Gasteiger partial charge >= 0.3 is 0 Å². The van der Waals surface area contributed by atoms with Gasteiger partial charge in [-0.2, -0.15) is 0 Å². The summed E-state index contributed by atoms with van der Waals surface area (Å²) < 4.78 is 13.4. The summed E-state index contributed by atoms with van der Waals surface area (Å²) in [6.45, 7) is 1.91. The Morgan fingerprint density at radius 3 is 2.76 bits per heavy atom. The van der Waals surface area contributed by atoms with E-state index in [1.54, 1.807) is 18.0 Å². The van der Waals surface area contributed by atoms with Crippen LogP contribution in [0.4, 0.5) is 10.1 Å². The number of fused-ring (bicyclic) bond motifs is 1. The Morgan fingerprint density at radius 1 is 1.24 bits per heavy atom. The first-order valence-corrected chi connectivity index (χ1v) is 7.20. The van der Waals surface area contributed by atoms with Gasteiger partial charge in [-0.25, -0.2) is 4.39 Å². The van der Waals surface area contributed by atoms with Crippen LogP contribution < -0.4 is 4.90 Å². The molecule has 21 heavy (non-hydrogen) atoms. The number of anilines is 1. The smallest absolute Gasteiger partial charge is 0.231 e. The normalized spacial score (nSPS) is 15.2. The van der Waals surface area contributed by atoms with Gasteiger partial charge in [-0.1, -0.05) is 18.2 Å². The van der Waals surface area contributed by atoms with Crippen molar-refractivity contribution in [3.8, 4) is 0 Å². The zero-order valence-corrected chi connectivity index (χ0v) is 12.6. The van der Waals surface area contributed by atoms with E-state index in [9.17, 15) is 9.18 Å². The molecule has 0 aliphatic carbocycles. The molecule has 0 aromatic heterocycles. The fourth-order valence-corrected chi connectivity index (χ4v) is 3.08. The number of likely N-dealkylation sites (N-methyl/N-ethyl adjacent to an activating group) is 1. The maximum atomic E-state index is 13.4. The van der Waals surface area contributed by atoms with E-state index in [1.807, 2.05) is 25.1 Å². The van der Waals surface area contributed by atoms with Crippen LogP contribution in [-0.4, -0.2) is 13.0 Å². The maximum Gasteiger partial charge on any atom is 0.231 e. The molecule has 1 aliphatic rings. The Kier molecular flexibility index (Phi) is 3.46. The number of rotatable bonds is 2. The van der Waals surface area contributed by atoms with E-state index in [-0.39, 0.29) is 11.7 Å². The highest BCUT2D eigenvalue weighted by Gasteiger charge is 2.25. The van der Waals surface area contributed by atoms with Gasteiger partial charge in [-0.05, 0) is 47.4 Å². The second-order valence-electron chi connectivity index (χ2n) is 5.38. The highest BCUT2D eigenvalue weighted by molar-refractivity contribution is 6.22. The molecule has 108 valence electrons. The zero-order valence-electron chi connectivity index (χ0n) is 11.9. The van der Waals surface area contributed by atoms with Crippen LogP contribution in [0.25, 0.3) is 0 Å². The van der Waals surface area contributed by atoms with Gasteiger partial charge in [0.25, 0.3) is 0 Å². The van der Waals surface area contributed by atoms with Gasteiger partial charge in [0.05, 0.1) is 11.8 Å². The lowest BCUT2D eigenvalue weighted by molar-refractivity contribution is -0.117. The average Bonchev–Trinajstić information content (AvgIpc) is 2.75. The van der Waals surface area contributed by atoms with E-state index in [4.69, 9.17) is 11.6 Å². The Hall–Kier alpha value is -1.87. The Balaban J connectivity index is 2.00. The molecular formula is C17H15ClFNO. The standard InChI is InChI=1S/C17H15ClFNO/c1-10-3-5-13(19)9-14(10)17(18)11-4-6-15-12(7-11)8-16(21)20(15)2/h3-7,9,17H,8H2,1-2H3. The van der Waals surface area contributed by atoms with Crippen LogP contribution >= 0.6 is 11.6 Å². The largest absolute Gasteiger partial charge is 0.315 e. The number of hydrogen-bond donors (Lipinski definition) is 0. The van der Waals surface area contributed by atoms with Crippen LogP contribution in [0.2, 0.25) is 0 Å². The predicted octanol–water partition coefficient (Wildman–Crippen LogP) is 3.98. The summed E-state index contributed by atoms with van der Waals surface area (Å²) >= 11 is 6.52. The molecule has 1 amide bonds. The Bertz CT molecular complexity index is 729. The minimum absolute atomic E-state index is 0.0789. The van der Waals surface area contributed by atoms with E-state index < -0.39 is 5.38 Å². The fourth-order valence-electron chi connectivity index (χ4n) is 2.71. The van der Waals surface area contributed by atoms with Crippen LogP contribution in [0.15, 0.2) is 36.4 Å². The van der Waals surface area contributed by atoms with Gasteiger partial charge in [0, 0.05) is 12.7 Å². The summed E-state index contributed by atoms with van der Waals surface area (Å²) in [6.07, 6.45) is 0.394. The first-order chi connectivity index (χ1) is 9.97. The molecule has 0 saturated carbocycles. The number of hydrogen-bond acceptors (Lipinski definition) is 1. The maximum absolute atomic E-state index is 13.4. The van der Waals surface area contributed by atoms with Gasteiger partial charge in [-0.15, -0.1) is 11.6 Å². The van der Waals surface area contributed by atoms with Gasteiger partial charge in [0.2, 0.25) is 5.91 Å². The number of halogens is 2. The molecule has 0 bridgehead atoms. The molecule has 0 saturated heterocycles. The van der Waals surface area contributed by atoms with Crippen molar-refractivity contribution in [2.24, 2.45) is 0 Å². The predicted molar refractivity (Wildman–Crippen MR) is 82.4 cm³/mol. The molecule has 1 heterocycles. The van der Waals surface area contributed by atoms with Crippen molar-refractivity contribution in [2.75, 3.05) is 11.9 Å². The molecular weight excluding hydrogens is 289 g/mol. The molecule has 2 nitrogen and oxygen atoms in total. The minimum atomic E-state index is -0.424. The van der Waals surface area contributed by atoms with Gasteiger partial charge < -0.3 is 4.90 Å². The first-order valence-electron chi connectivity index (χ1n) is 6.77. The number of carbonyl (C=O) groups excluding carboxylic acids is 1. The number of carbonyl (C=O) groups is 1. The van der Waals surface area contributed by atoms with E-state index in [2.05, 4.69) is 0 Å². The van der Waals surface area contributed by atoms with Crippen molar-refractivity contribution in [3.63, 3.8) is 0 Å². The van der Waals surface area contributed by atoms with Gasteiger partial charge in [-0.3, -0.25) is 4.79 Å². The highest BCUT2D eigenvalue weighted by atomic mass is 35.5. The Labute approximate surface area is 128 Å². The van der Waals surface area contributed by atoms with Crippen molar-refractivity contribution in [3.05, 3.63) is 64.5 Å². The van der Waals surface area contributed by atoms with E-state index in [0.717, 1.165) is 27.9 Å². The SMILES string of the molecule is Cc1ccc(F)cc1C(Cl)c1ccc2c(c1)CC(=O)N2C. The molecule has 0 spiro atoms. The summed E-state index contributed by atoms with van der Waals surface area (Å²) in [7, 11) is 1.77. The van der Waals surface area contributed by atoms with Crippen LogP contribution in [0, 0.1) is 12.7 Å². The lowest BCUT2D eigenvalue weighted by Crippen LogP contribution is -2.20. The summed E-state index contributed by atoms with van der Waals surface area (Å²) in [5, 5.41) is -0.424. The number of nitrogens with zero attached hydrogens (tertiary/aromatic N) is 1. The molecule has 2 aromatic rings. The van der Waals surface area contributed by atoms with E-state index in [1.165, 1.54) is 12.1 Å². The molecule has 0 fully saturated rings. The molecule has 0 N–H and O–H groups in total. The summed E-state index contributed by atoms with van der Waals surface area (Å²) in [6, 6.07) is 10.4. The first kappa shape index (κ1) is 14.1. The van der Waals surface area contributed by atoms with Crippen molar-refractivity contribution < 1.29 is 9.18 Å². The van der Waals surface area contributed by atoms with Gasteiger partial charge in [0.15, 0.2) is 0 Å². The fraction of sp³-hybridized carbons (Fsp3) is 0.235. The average molecular weight is 304 g/mol. The molecule has 0 radical (unpaired) electrons. The molecule has 1 unspecified atom stereocenters. The number of aryl methyl sites for hydroxylation is 1. The van der Waals surface area contributed by atoms with Crippen molar-refractivity contribution in [1.82, 2.24) is 0 Å². The zero-order chi connectivity index (χ0) is 15.1. The van der Waals surface area contributed by atoms with E-state index >= 15 is 0 Å². The van der Waals surface area contributed by atoms with Crippen LogP contribution in [0.1, 0.15) is 27.6 Å². The molecule has 3 rings (SSSR count). The third kappa shape index (κ3) is 2.42. The van der Waals surface area contributed by atoms with Crippen molar-refractivity contribution in [2.45, 2.75) is 18.7 Å². The molecule has 2 aromatic carbocycles. The molecule has 1 aliphatic heterocycles.